The van der Waals surface area contributed by atoms with Crippen LogP contribution in [0.1, 0.15) is 20.7 Å². The third-order valence-corrected chi connectivity index (χ3v) is 4.29. The molecule has 6 heteroatoms. The molecule has 0 atom stereocenters. The first-order valence-electron chi connectivity index (χ1n) is 7.72. The Kier molecular flexibility index (Phi) is 5.04. The summed E-state index contributed by atoms with van der Waals surface area (Å²) in [5.41, 5.74) is 14.0. The highest BCUT2D eigenvalue weighted by molar-refractivity contribution is 9.10. The molecule has 0 aliphatic rings. The van der Waals surface area contributed by atoms with Crippen molar-refractivity contribution in [1.82, 2.24) is 0 Å². The highest BCUT2D eigenvalue weighted by Crippen LogP contribution is 2.25. The monoisotopic (exact) mass is 410 g/mol. The zero-order valence-electron chi connectivity index (χ0n) is 13.6. The minimum Gasteiger partial charge on any atom is -0.398 e. The average Bonchev–Trinajstić information content (AvgIpc) is 2.64. The molecule has 0 amide bonds. The molecule has 130 valence electrons. The van der Waals surface area contributed by atoms with E-state index in [1.165, 1.54) is 6.07 Å². The Hall–Kier alpha value is -3.12. The summed E-state index contributed by atoms with van der Waals surface area (Å²) in [5, 5.41) is 0. The van der Waals surface area contributed by atoms with Gasteiger partial charge >= 0.3 is 11.9 Å². The lowest BCUT2D eigenvalue weighted by molar-refractivity contribution is 0.0399. The maximum atomic E-state index is 12.5. The molecule has 4 N–H and O–H groups in total. The van der Waals surface area contributed by atoms with Crippen LogP contribution in [0.15, 0.2) is 71.2 Å². The molecule has 0 spiro atoms. The van der Waals surface area contributed by atoms with Gasteiger partial charge in [0.25, 0.3) is 0 Å². The van der Waals surface area contributed by atoms with Crippen LogP contribution in [0.25, 0.3) is 11.1 Å². The fourth-order valence-electron chi connectivity index (χ4n) is 2.44. The Morgan fingerprint density at radius 1 is 0.731 bits per heavy atom. The van der Waals surface area contributed by atoms with Gasteiger partial charge in [-0.15, -0.1) is 0 Å². The highest BCUT2D eigenvalue weighted by Gasteiger charge is 2.20. The van der Waals surface area contributed by atoms with Gasteiger partial charge in [0, 0.05) is 15.8 Å². The van der Waals surface area contributed by atoms with Crippen LogP contribution in [0.3, 0.4) is 0 Å². The number of nitrogen functional groups attached to an aromatic ring is 2. The van der Waals surface area contributed by atoms with Crippen molar-refractivity contribution >= 4 is 39.2 Å². The van der Waals surface area contributed by atoms with E-state index in [4.69, 9.17) is 16.2 Å². The first kappa shape index (κ1) is 17.7. The van der Waals surface area contributed by atoms with Gasteiger partial charge in [0.2, 0.25) is 0 Å². The molecule has 26 heavy (non-hydrogen) atoms. The summed E-state index contributed by atoms with van der Waals surface area (Å²) in [6.45, 7) is 0. The summed E-state index contributed by atoms with van der Waals surface area (Å²) in [6.07, 6.45) is 0. The molecule has 3 rings (SSSR count). The first-order valence-corrected chi connectivity index (χ1v) is 8.51. The molecule has 0 radical (unpaired) electrons. The van der Waals surface area contributed by atoms with Crippen molar-refractivity contribution in [3.8, 4) is 11.1 Å². The number of esters is 2. The maximum absolute atomic E-state index is 12.5. The predicted molar refractivity (Wildman–Crippen MR) is 105 cm³/mol. The van der Waals surface area contributed by atoms with Crippen molar-refractivity contribution in [2.45, 2.75) is 0 Å². The third-order valence-electron chi connectivity index (χ3n) is 3.80. The molecule has 0 fully saturated rings. The van der Waals surface area contributed by atoms with Crippen molar-refractivity contribution in [1.29, 1.82) is 0 Å². The summed E-state index contributed by atoms with van der Waals surface area (Å²) in [6, 6.07) is 19.3. The summed E-state index contributed by atoms with van der Waals surface area (Å²) >= 11 is 3.25. The fourth-order valence-corrected chi connectivity index (χ4v) is 2.80. The molecule has 0 heterocycles. The van der Waals surface area contributed by atoms with E-state index in [9.17, 15) is 9.59 Å². The molecule has 3 aromatic carbocycles. The van der Waals surface area contributed by atoms with E-state index >= 15 is 0 Å². The maximum Gasteiger partial charge on any atom is 0.348 e. The minimum absolute atomic E-state index is 0.102. The fraction of sp³-hybridized carbons (Fsp3) is 0. The number of carbonyl (C=O) groups is 2. The molecule has 0 unspecified atom stereocenters. The number of hydrogen-bond acceptors (Lipinski definition) is 5. The van der Waals surface area contributed by atoms with Gasteiger partial charge in [-0.1, -0.05) is 52.3 Å². The predicted octanol–water partition coefficient (Wildman–Crippen LogP) is 4.28. The van der Waals surface area contributed by atoms with Crippen molar-refractivity contribution < 1.29 is 14.3 Å². The molecular formula is C20H15BrN2O3. The van der Waals surface area contributed by atoms with Gasteiger partial charge in [0.1, 0.15) is 0 Å². The van der Waals surface area contributed by atoms with Crippen LogP contribution in [0, 0.1) is 0 Å². The number of benzene rings is 3. The Labute approximate surface area is 158 Å². The van der Waals surface area contributed by atoms with Crippen LogP contribution in [0.4, 0.5) is 11.4 Å². The van der Waals surface area contributed by atoms with Crippen LogP contribution in [-0.4, -0.2) is 11.9 Å². The molecule has 3 aromatic rings. The molecule has 0 aromatic heterocycles. The Morgan fingerprint density at radius 3 is 1.96 bits per heavy atom. The molecule has 0 aliphatic carbocycles. The van der Waals surface area contributed by atoms with E-state index in [1.807, 2.05) is 30.3 Å². The lowest BCUT2D eigenvalue weighted by atomic mass is 10.0. The van der Waals surface area contributed by atoms with Crippen molar-refractivity contribution in [3.63, 3.8) is 0 Å². The van der Waals surface area contributed by atoms with Crippen LogP contribution < -0.4 is 11.5 Å². The minimum atomic E-state index is -0.835. The van der Waals surface area contributed by atoms with Gasteiger partial charge < -0.3 is 16.2 Å². The van der Waals surface area contributed by atoms with Gasteiger partial charge in [0.05, 0.1) is 11.1 Å². The van der Waals surface area contributed by atoms with Crippen molar-refractivity contribution in [2.24, 2.45) is 0 Å². The third kappa shape index (κ3) is 3.75. The smallest absolute Gasteiger partial charge is 0.348 e. The molecule has 0 saturated carbocycles. The quantitative estimate of drug-likeness (QED) is 0.381. The lowest BCUT2D eigenvalue weighted by Gasteiger charge is -2.09. The molecule has 0 bridgehead atoms. The summed E-state index contributed by atoms with van der Waals surface area (Å²) in [4.78, 5) is 24.7. The number of hydrogen-bond donors (Lipinski definition) is 2. The van der Waals surface area contributed by atoms with E-state index in [1.54, 1.807) is 30.3 Å². The van der Waals surface area contributed by atoms with Crippen molar-refractivity contribution in [3.05, 3.63) is 82.3 Å². The summed E-state index contributed by atoms with van der Waals surface area (Å²) < 4.78 is 5.62. The second-order valence-corrected chi connectivity index (χ2v) is 6.49. The zero-order valence-corrected chi connectivity index (χ0v) is 15.2. The Morgan fingerprint density at radius 2 is 1.31 bits per heavy atom. The summed E-state index contributed by atoms with van der Waals surface area (Å²) in [5.74, 6) is -1.66. The van der Waals surface area contributed by atoms with Crippen LogP contribution in [0.5, 0.6) is 0 Å². The first-order chi connectivity index (χ1) is 12.5. The number of rotatable bonds is 3. The zero-order chi connectivity index (χ0) is 18.7. The second kappa shape index (κ2) is 7.41. The van der Waals surface area contributed by atoms with Gasteiger partial charge in [-0.05, 0) is 41.5 Å². The van der Waals surface area contributed by atoms with Crippen LogP contribution in [-0.2, 0) is 4.74 Å². The SMILES string of the molecule is Nc1ccc(Br)cc1C(=O)OC(=O)c1cc(-c2ccccc2)ccc1N. The highest BCUT2D eigenvalue weighted by atomic mass is 79.9. The van der Waals surface area contributed by atoms with E-state index in [0.717, 1.165) is 11.1 Å². The lowest BCUT2D eigenvalue weighted by Crippen LogP contribution is -2.15. The Balaban J connectivity index is 1.88. The van der Waals surface area contributed by atoms with E-state index < -0.39 is 11.9 Å². The normalized spacial score (nSPS) is 10.3. The Bertz CT molecular complexity index is 988. The number of nitrogens with two attached hydrogens (primary N) is 2. The standard InChI is InChI=1S/C20H15BrN2O3/c21-14-7-9-18(23)16(11-14)20(25)26-19(24)15-10-13(6-8-17(15)22)12-4-2-1-3-5-12/h1-11H,22-23H2. The number of anilines is 2. The van der Waals surface area contributed by atoms with Gasteiger partial charge in [0.15, 0.2) is 0 Å². The topological polar surface area (TPSA) is 95.4 Å². The van der Waals surface area contributed by atoms with Gasteiger partial charge in [-0.2, -0.15) is 0 Å². The second-order valence-electron chi connectivity index (χ2n) is 5.58. The summed E-state index contributed by atoms with van der Waals surface area (Å²) in [7, 11) is 0. The average molecular weight is 411 g/mol. The molecule has 0 saturated heterocycles. The van der Waals surface area contributed by atoms with Gasteiger partial charge in [-0.25, -0.2) is 9.59 Å². The number of carbonyl (C=O) groups excluding carboxylic acids is 2. The number of ether oxygens (including phenoxy) is 1. The van der Waals surface area contributed by atoms with Crippen LogP contribution in [0.2, 0.25) is 0 Å². The van der Waals surface area contributed by atoms with E-state index in [-0.39, 0.29) is 22.5 Å². The number of halogens is 1. The van der Waals surface area contributed by atoms with Crippen LogP contribution >= 0.6 is 15.9 Å². The van der Waals surface area contributed by atoms with Crippen molar-refractivity contribution in [2.75, 3.05) is 11.5 Å². The van der Waals surface area contributed by atoms with Gasteiger partial charge in [-0.3, -0.25) is 0 Å². The molecular weight excluding hydrogens is 396 g/mol. The van der Waals surface area contributed by atoms with E-state index in [0.29, 0.717) is 4.47 Å². The molecule has 0 aliphatic heterocycles. The largest absolute Gasteiger partial charge is 0.398 e. The molecule has 5 nitrogen and oxygen atoms in total. The van der Waals surface area contributed by atoms with E-state index in [2.05, 4.69) is 15.9 Å².